The summed E-state index contributed by atoms with van der Waals surface area (Å²) in [6.45, 7) is 5.60. The Morgan fingerprint density at radius 1 is 1.38 bits per heavy atom. The van der Waals surface area contributed by atoms with Gasteiger partial charge in [-0.25, -0.2) is 0 Å². The molecule has 1 aliphatic rings. The minimum atomic E-state index is -0.142. The average molecular weight is 363 g/mol. The van der Waals surface area contributed by atoms with Gasteiger partial charge in [0.1, 0.15) is 0 Å². The number of nitrogens with one attached hydrogen (secondary N) is 1. The van der Waals surface area contributed by atoms with Crippen molar-refractivity contribution in [2.45, 2.75) is 30.6 Å². The molecular weight excluding hydrogens is 340 g/mol. The molecule has 1 aromatic carbocycles. The lowest BCUT2D eigenvalue weighted by Gasteiger charge is -2.30. The molecule has 0 unspecified atom stereocenters. The number of hydrogen-bond acceptors (Lipinski definition) is 6. The molecule has 0 spiro atoms. The number of amides is 1. The number of anilines is 1. The zero-order valence-electron chi connectivity index (χ0n) is 14.0. The molecule has 5 nitrogen and oxygen atoms in total. The van der Waals surface area contributed by atoms with Crippen LogP contribution in [-0.4, -0.2) is 40.3 Å². The van der Waals surface area contributed by atoms with E-state index in [-0.39, 0.29) is 5.91 Å². The van der Waals surface area contributed by atoms with Gasteiger partial charge in [-0.05, 0) is 49.3 Å². The smallest absolute Gasteiger partial charge is 0.257 e. The molecule has 0 aliphatic carbocycles. The van der Waals surface area contributed by atoms with Gasteiger partial charge in [0.25, 0.3) is 5.91 Å². The Hall–Kier alpha value is -1.44. The molecule has 0 bridgehead atoms. The number of carbonyl (C=O) groups excluding carboxylic acids is 1. The molecule has 1 fully saturated rings. The number of benzene rings is 1. The van der Waals surface area contributed by atoms with E-state index in [9.17, 15) is 4.79 Å². The third-order valence-corrected chi connectivity index (χ3v) is 5.98. The van der Waals surface area contributed by atoms with Crippen molar-refractivity contribution in [2.75, 3.05) is 24.7 Å². The lowest BCUT2D eigenvalue weighted by Crippen LogP contribution is -2.33. The Morgan fingerprint density at radius 3 is 2.83 bits per heavy atom. The fraction of sp³-hybridized carbons (Fsp3) is 0.471. The second-order valence-electron chi connectivity index (χ2n) is 6.21. The van der Waals surface area contributed by atoms with E-state index in [0.29, 0.717) is 10.7 Å². The second kappa shape index (κ2) is 8.09. The molecule has 1 N–H and O–H groups in total. The number of rotatable bonds is 5. The van der Waals surface area contributed by atoms with Crippen molar-refractivity contribution in [1.29, 1.82) is 0 Å². The van der Waals surface area contributed by atoms with Crippen LogP contribution in [0.25, 0.3) is 0 Å². The molecule has 7 heteroatoms. The molecular formula is C17H22N4OS2. The molecule has 2 heterocycles. The first kappa shape index (κ1) is 17.4. The quantitative estimate of drug-likeness (QED) is 0.648. The molecule has 2 aromatic rings. The molecule has 3 rings (SSSR count). The fourth-order valence-corrected chi connectivity index (χ4v) is 4.13. The number of likely N-dealkylation sites (tertiary alicyclic amines) is 1. The third-order valence-electron chi connectivity index (χ3n) is 4.16. The molecule has 24 heavy (non-hydrogen) atoms. The summed E-state index contributed by atoms with van der Waals surface area (Å²) in [6, 6.07) is 7.85. The number of aromatic nitrogens is 2. The van der Waals surface area contributed by atoms with E-state index in [1.54, 1.807) is 0 Å². The van der Waals surface area contributed by atoms with E-state index in [0.717, 1.165) is 23.3 Å². The number of thioether (sulfide) groups is 1. The van der Waals surface area contributed by atoms with Gasteiger partial charge in [0.2, 0.25) is 5.13 Å². The van der Waals surface area contributed by atoms with Crippen LogP contribution in [0.1, 0.15) is 35.7 Å². The standard InChI is InChI=1S/C17H22N4OS2/c1-12-4-3-9-21(10-12)11-13-5-7-14(8-6-13)15(22)18-16-19-20-17(23-2)24-16/h5-8,12H,3-4,9-11H2,1-2H3,(H,18,19,22)/t12-/m1/s1. The lowest BCUT2D eigenvalue weighted by molar-refractivity contribution is 0.102. The highest BCUT2D eigenvalue weighted by molar-refractivity contribution is 8.00. The van der Waals surface area contributed by atoms with Gasteiger partial charge >= 0.3 is 0 Å². The monoisotopic (exact) mass is 362 g/mol. The van der Waals surface area contributed by atoms with Gasteiger partial charge in [0, 0.05) is 18.7 Å². The average Bonchev–Trinajstić information content (AvgIpc) is 3.03. The summed E-state index contributed by atoms with van der Waals surface area (Å²) in [7, 11) is 0. The molecule has 0 saturated carbocycles. The van der Waals surface area contributed by atoms with Crippen molar-refractivity contribution in [3.8, 4) is 0 Å². The molecule has 1 amide bonds. The number of hydrogen-bond donors (Lipinski definition) is 1. The topological polar surface area (TPSA) is 58.1 Å². The summed E-state index contributed by atoms with van der Waals surface area (Å²) in [5.41, 5.74) is 1.90. The summed E-state index contributed by atoms with van der Waals surface area (Å²) in [6.07, 6.45) is 4.55. The Balaban J connectivity index is 1.58. The first-order valence-corrected chi connectivity index (χ1v) is 10.2. The Morgan fingerprint density at radius 2 is 2.17 bits per heavy atom. The molecule has 1 saturated heterocycles. The minimum Gasteiger partial charge on any atom is -0.299 e. The van der Waals surface area contributed by atoms with Crippen molar-refractivity contribution in [2.24, 2.45) is 5.92 Å². The highest BCUT2D eigenvalue weighted by atomic mass is 32.2. The van der Waals surface area contributed by atoms with E-state index >= 15 is 0 Å². The van der Waals surface area contributed by atoms with Crippen LogP contribution < -0.4 is 5.32 Å². The van der Waals surface area contributed by atoms with E-state index < -0.39 is 0 Å². The second-order valence-corrected chi connectivity index (χ2v) is 8.24. The van der Waals surface area contributed by atoms with E-state index in [1.807, 2.05) is 30.5 Å². The van der Waals surface area contributed by atoms with Crippen LogP contribution in [0.2, 0.25) is 0 Å². The maximum atomic E-state index is 12.3. The van der Waals surface area contributed by atoms with Gasteiger partial charge < -0.3 is 0 Å². The van der Waals surface area contributed by atoms with Crippen LogP contribution in [0.4, 0.5) is 5.13 Å². The number of carbonyl (C=O) groups is 1. The molecule has 128 valence electrons. The third kappa shape index (κ3) is 4.55. The fourth-order valence-electron chi connectivity index (χ4n) is 2.96. The normalized spacial score (nSPS) is 18.5. The molecule has 1 atom stereocenters. The van der Waals surface area contributed by atoms with Crippen molar-refractivity contribution in [3.63, 3.8) is 0 Å². The highest BCUT2D eigenvalue weighted by Crippen LogP contribution is 2.23. The van der Waals surface area contributed by atoms with Crippen molar-refractivity contribution in [1.82, 2.24) is 15.1 Å². The predicted octanol–water partition coefficient (Wildman–Crippen LogP) is 3.74. The van der Waals surface area contributed by atoms with Crippen LogP contribution in [0, 0.1) is 5.92 Å². The summed E-state index contributed by atoms with van der Waals surface area (Å²) < 4.78 is 0.844. The first-order valence-electron chi connectivity index (χ1n) is 8.14. The molecule has 0 radical (unpaired) electrons. The molecule has 1 aliphatic heterocycles. The summed E-state index contributed by atoms with van der Waals surface area (Å²) in [4.78, 5) is 14.8. The van der Waals surface area contributed by atoms with E-state index in [1.165, 1.54) is 48.0 Å². The van der Waals surface area contributed by atoms with Crippen LogP contribution in [0.3, 0.4) is 0 Å². The zero-order chi connectivity index (χ0) is 16.9. The maximum Gasteiger partial charge on any atom is 0.257 e. The van der Waals surface area contributed by atoms with Gasteiger partial charge in [-0.2, -0.15) is 0 Å². The molecule has 1 aromatic heterocycles. The predicted molar refractivity (Wildman–Crippen MR) is 99.8 cm³/mol. The van der Waals surface area contributed by atoms with Gasteiger partial charge in [-0.15, -0.1) is 10.2 Å². The van der Waals surface area contributed by atoms with Crippen LogP contribution in [0.5, 0.6) is 0 Å². The lowest BCUT2D eigenvalue weighted by atomic mass is 9.99. The van der Waals surface area contributed by atoms with E-state index in [2.05, 4.69) is 27.3 Å². The summed E-state index contributed by atoms with van der Waals surface area (Å²) >= 11 is 2.90. The number of nitrogens with zero attached hydrogens (tertiary/aromatic N) is 3. The Bertz CT molecular complexity index is 686. The van der Waals surface area contributed by atoms with Crippen molar-refractivity contribution >= 4 is 34.1 Å². The van der Waals surface area contributed by atoms with Gasteiger partial charge in [0.05, 0.1) is 0 Å². The van der Waals surface area contributed by atoms with Gasteiger partial charge in [-0.1, -0.05) is 42.2 Å². The Kier molecular flexibility index (Phi) is 5.86. The van der Waals surface area contributed by atoms with Crippen LogP contribution in [-0.2, 0) is 6.54 Å². The van der Waals surface area contributed by atoms with Crippen molar-refractivity contribution in [3.05, 3.63) is 35.4 Å². The summed E-state index contributed by atoms with van der Waals surface area (Å²) in [5.74, 6) is 0.638. The largest absolute Gasteiger partial charge is 0.299 e. The number of piperidine rings is 1. The zero-order valence-corrected chi connectivity index (χ0v) is 15.6. The van der Waals surface area contributed by atoms with Crippen molar-refractivity contribution < 1.29 is 4.79 Å². The minimum absolute atomic E-state index is 0.142. The Labute approximate surface area is 150 Å². The SMILES string of the molecule is CSc1nnc(NC(=O)c2ccc(CN3CCC[C@@H](C)C3)cc2)s1. The van der Waals surface area contributed by atoms with Gasteiger partial charge in [0.15, 0.2) is 4.34 Å². The summed E-state index contributed by atoms with van der Waals surface area (Å²) in [5, 5.41) is 11.3. The van der Waals surface area contributed by atoms with Crippen LogP contribution in [0.15, 0.2) is 28.6 Å². The van der Waals surface area contributed by atoms with Crippen LogP contribution >= 0.6 is 23.1 Å². The van der Waals surface area contributed by atoms with Gasteiger partial charge in [-0.3, -0.25) is 15.0 Å². The maximum absolute atomic E-state index is 12.3. The van der Waals surface area contributed by atoms with E-state index in [4.69, 9.17) is 0 Å². The first-order chi connectivity index (χ1) is 11.6. The highest BCUT2D eigenvalue weighted by Gasteiger charge is 2.16.